The minimum absolute atomic E-state index is 0.192. The predicted molar refractivity (Wildman–Crippen MR) is 87.8 cm³/mol. The van der Waals surface area contributed by atoms with Gasteiger partial charge in [0.15, 0.2) is 0 Å². The van der Waals surface area contributed by atoms with Gasteiger partial charge in [-0.2, -0.15) is 5.10 Å². The van der Waals surface area contributed by atoms with E-state index < -0.39 is 0 Å². The van der Waals surface area contributed by atoms with Crippen LogP contribution in [0.3, 0.4) is 0 Å². The molecule has 1 aromatic carbocycles. The summed E-state index contributed by atoms with van der Waals surface area (Å²) in [6, 6.07) is 9.32. The molecular formula is C17H15N5O2. The van der Waals surface area contributed by atoms with Crippen molar-refractivity contribution in [3.05, 3.63) is 54.6 Å². The molecule has 0 unspecified atom stereocenters. The number of aromatic nitrogens is 4. The van der Waals surface area contributed by atoms with E-state index in [2.05, 4.69) is 15.1 Å². The number of hydrogen-bond donors (Lipinski definition) is 0. The molecule has 0 N–H and O–H groups in total. The number of carbonyl (C=O) groups excluding carboxylic acids is 1. The van der Waals surface area contributed by atoms with E-state index in [0.717, 1.165) is 11.4 Å². The SMILES string of the molecule is Cn1nccc1-c1cncc(C(=O)N2CCOc3ccccc32)n1. The topological polar surface area (TPSA) is 73.1 Å². The van der Waals surface area contributed by atoms with E-state index in [1.54, 1.807) is 22.0 Å². The molecule has 2 aromatic heterocycles. The summed E-state index contributed by atoms with van der Waals surface area (Å²) >= 11 is 0. The van der Waals surface area contributed by atoms with Gasteiger partial charge in [-0.1, -0.05) is 12.1 Å². The fourth-order valence-corrected chi connectivity index (χ4v) is 2.74. The number of amides is 1. The summed E-state index contributed by atoms with van der Waals surface area (Å²) in [5.74, 6) is 0.509. The monoisotopic (exact) mass is 321 g/mol. The summed E-state index contributed by atoms with van der Waals surface area (Å²) in [7, 11) is 1.82. The van der Waals surface area contributed by atoms with Crippen LogP contribution in [0.4, 0.5) is 5.69 Å². The van der Waals surface area contributed by atoms with Crippen molar-refractivity contribution in [2.75, 3.05) is 18.1 Å². The lowest BCUT2D eigenvalue weighted by molar-refractivity contribution is 0.0971. The van der Waals surface area contributed by atoms with Crippen LogP contribution in [0.2, 0.25) is 0 Å². The van der Waals surface area contributed by atoms with Gasteiger partial charge in [0, 0.05) is 13.2 Å². The molecular weight excluding hydrogens is 306 g/mol. The molecule has 3 heterocycles. The fraction of sp³-hybridized carbons (Fsp3) is 0.176. The molecule has 0 fully saturated rings. The number of ether oxygens (including phenoxy) is 1. The lowest BCUT2D eigenvalue weighted by atomic mass is 10.2. The van der Waals surface area contributed by atoms with Gasteiger partial charge in [-0.05, 0) is 18.2 Å². The minimum atomic E-state index is -0.192. The Bertz CT molecular complexity index is 905. The van der Waals surface area contributed by atoms with E-state index in [-0.39, 0.29) is 5.91 Å². The highest BCUT2D eigenvalue weighted by Crippen LogP contribution is 2.31. The number of aryl methyl sites for hydroxylation is 1. The largest absolute Gasteiger partial charge is 0.490 e. The molecule has 1 aliphatic heterocycles. The standard InChI is InChI=1S/C17H15N5O2/c1-21-14(6-7-19-21)12-10-18-11-13(20-12)17(23)22-8-9-24-16-5-3-2-4-15(16)22/h2-7,10-11H,8-9H2,1H3. The summed E-state index contributed by atoms with van der Waals surface area (Å²) in [4.78, 5) is 23.2. The van der Waals surface area contributed by atoms with E-state index in [4.69, 9.17) is 4.74 Å². The zero-order valence-electron chi connectivity index (χ0n) is 13.1. The Labute approximate surface area is 138 Å². The molecule has 0 saturated carbocycles. The van der Waals surface area contributed by atoms with Gasteiger partial charge in [0.1, 0.15) is 23.7 Å². The first-order valence-electron chi connectivity index (χ1n) is 7.58. The van der Waals surface area contributed by atoms with Gasteiger partial charge >= 0.3 is 0 Å². The lowest BCUT2D eigenvalue weighted by Gasteiger charge is -2.29. The minimum Gasteiger partial charge on any atom is -0.490 e. The van der Waals surface area contributed by atoms with Crippen LogP contribution in [0.5, 0.6) is 5.75 Å². The summed E-state index contributed by atoms with van der Waals surface area (Å²) in [6.45, 7) is 0.936. The maximum atomic E-state index is 12.9. The Morgan fingerprint density at radius 2 is 2.08 bits per heavy atom. The van der Waals surface area contributed by atoms with Gasteiger partial charge in [0.2, 0.25) is 0 Å². The average Bonchev–Trinajstić information content (AvgIpc) is 3.07. The van der Waals surface area contributed by atoms with Gasteiger partial charge in [-0.15, -0.1) is 0 Å². The zero-order chi connectivity index (χ0) is 16.5. The molecule has 0 bridgehead atoms. The van der Waals surface area contributed by atoms with Gasteiger partial charge in [0.25, 0.3) is 5.91 Å². The highest BCUT2D eigenvalue weighted by Gasteiger charge is 2.25. The molecule has 0 aliphatic carbocycles. The van der Waals surface area contributed by atoms with Gasteiger partial charge < -0.3 is 9.64 Å². The summed E-state index contributed by atoms with van der Waals surface area (Å²) in [6.07, 6.45) is 4.80. The number of anilines is 1. The third kappa shape index (κ3) is 2.40. The zero-order valence-corrected chi connectivity index (χ0v) is 13.1. The number of hydrogen-bond acceptors (Lipinski definition) is 5. The molecule has 0 atom stereocenters. The first kappa shape index (κ1) is 14.4. The van der Waals surface area contributed by atoms with Crippen molar-refractivity contribution in [3.63, 3.8) is 0 Å². The molecule has 120 valence electrons. The number of nitrogens with zero attached hydrogens (tertiary/aromatic N) is 5. The van der Waals surface area contributed by atoms with E-state index in [0.29, 0.717) is 30.3 Å². The Morgan fingerprint density at radius 1 is 1.21 bits per heavy atom. The molecule has 1 amide bonds. The molecule has 7 heteroatoms. The van der Waals surface area contributed by atoms with Crippen molar-refractivity contribution in [2.24, 2.45) is 7.05 Å². The molecule has 0 radical (unpaired) electrons. The number of benzene rings is 1. The van der Waals surface area contributed by atoms with Crippen LogP contribution in [0.1, 0.15) is 10.5 Å². The average molecular weight is 321 g/mol. The van der Waals surface area contributed by atoms with Crippen molar-refractivity contribution in [1.29, 1.82) is 0 Å². The highest BCUT2D eigenvalue weighted by atomic mass is 16.5. The lowest BCUT2D eigenvalue weighted by Crippen LogP contribution is -2.38. The number of rotatable bonds is 2. The summed E-state index contributed by atoms with van der Waals surface area (Å²) in [5, 5.41) is 4.12. The van der Waals surface area contributed by atoms with Crippen LogP contribution in [0.25, 0.3) is 11.4 Å². The van der Waals surface area contributed by atoms with E-state index in [9.17, 15) is 4.79 Å². The van der Waals surface area contributed by atoms with Crippen LogP contribution in [0.15, 0.2) is 48.9 Å². The van der Waals surface area contributed by atoms with Crippen LogP contribution in [-0.2, 0) is 7.05 Å². The molecule has 0 spiro atoms. The van der Waals surface area contributed by atoms with Crippen LogP contribution < -0.4 is 9.64 Å². The Balaban J connectivity index is 1.70. The van der Waals surface area contributed by atoms with E-state index >= 15 is 0 Å². The van der Waals surface area contributed by atoms with Gasteiger partial charge in [0.05, 0.1) is 30.3 Å². The number of fused-ring (bicyclic) bond motifs is 1. The second-order valence-corrected chi connectivity index (χ2v) is 5.40. The van der Waals surface area contributed by atoms with Gasteiger partial charge in [-0.3, -0.25) is 14.5 Å². The summed E-state index contributed by atoms with van der Waals surface area (Å²) in [5.41, 5.74) is 2.47. The number of para-hydroxylation sites is 2. The quantitative estimate of drug-likeness (QED) is 0.721. The molecule has 0 saturated heterocycles. The molecule has 1 aliphatic rings. The molecule has 7 nitrogen and oxygen atoms in total. The normalized spacial score (nSPS) is 13.3. The van der Waals surface area contributed by atoms with Gasteiger partial charge in [-0.25, -0.2) is 4.98 Å². The molecule has 4 rings (SSSR count). The number of carbonyl (C=O) groups is 1. The van der Waals surface area contributed by atoms with Crippen LogP contribution in [-0.4, -0.2) is 38.8 Å². The van der Waals surface area contributed by atoms with E-state index in [1.165, 1.54) is 6.20 Å². The van der Waals surface area contributed by atoms with Crippen molar-refractivity contribution >= 4 is 11.6 Å². The fourth-order valence-electron chi connectivity index (χ4n) is 2.74. The van der Waals surface area contributed by atoms with Crippen molar-refractivity contribution in [3.8, 4) is 17.1 Å². The first-order valence-corrected chi connectivity index (χ1v) is 7.58. The Hall–Kier alpha value is -3.22. The molecule has 3 aromatic rings. The molecule has 24 heavy (non-hydrogen) atoms. The van der Waals surface area contributed by atoms with Crippen molar-refractivity contribution in [1.82, 2.24) is 19.7 Å². The predicted octanol–water partition coefficient (Wildman–Crippen LogP) is 1.92. The Kier molecular flexibility index (Phi) is 3.45. The first-order chi connectivity index (χ1) is 11.7. The maximum Gasteiger partial charge on any atom is 0.278 e. The van der Waals surface area contributed by atoms with E-state index in [1.807, 2.05) is 37.4 Å². The Morgan fingerprint density at radius 3 is 2.92 bits per heavy atom. The van der Waals surface area contributed by atoms with Crippen molar-refractivity contribution in [2.45, 2.75) is 0 Å². The van der Waals surface area contributed by atoms with Crippen molar-refractivity contribution < 1.29 is 9.53 Å². The third-order valence-electron chi connectivity index (χ3n) is 3.91. The summed E-state index contributed by atoms with van der Waals surface area (Å²) < 4.78 is 7.29. The second kappa shape index (κ2) is 5.77. The smallest absolute Gasteiger partial charge is 0.278 e. The van der Waals surface area contributed by atoms with Crippen LogP contribution in [0, 0.1) is 0 Å². The third-order valence-corrected chi connectivity index (χ3v) is 3.91. The highest BCUT2D eigenvalue weighted by molar-refractivity contribution is 6.05. The maximum absolute atomic E-state index is 12.9. The second-order valence-electron chi connectivity index (χ2n) is 5.40. The van der Waals surface area contributed by atoms with Crippen LogP contribution >= 0.6 is 0 Å².